The van der Waals surface area contributed by atoms with E-state index in [1.807, 2.05) is 27.8 Å². The van der Waals surface area contributed by atoms with E-state index in [9.17, 15) is 0 Å². The third-order valence-corrected chi connectivity index (χ3v) is 4.10. The molecule has 3 aromatic rings. The van der Waals surface area contributed by atoms with Crippen molar-refractivity contribution >= 4 is 0 Å². The number of benzene rings is 1. The number of hydrogen-bond acceptors (Lipinski definition) is 4. The summed E-state index contributed by atoms with van der Waals surface area (Å²) in [5.74, 6) is 0. The van der Waals surface area contributed by atoms with Gasteiger partial charge in [-0.1, -0.05) is 23.4 Å². The fourth-order valence-electron chi connectivity index (χ4n) is 2.43. The summed E-state index contributed by atoms with van der Waals surface area (Å²) in [6.45, 7) is 3.73. The topological polar surface area (TPSA) is 51.8 Å². The van der Waals surface area contributed by atoms with Crippen molar-refractivity contribution in [2.24, 2.45) is 0 Å². The lowest BCUT2D eigenvalue weighted by Crippen LogP contribution is -2.16. The van der Waals surface area contributed by atoms with E-state index in [-0.39, 0.29) is 0 Å². The van der Waals surface area contributed by atoms with Gasteiger partial charge < -0.3 is 4.90 Å². The van der Waals surface area contributed by atoms with Crippen LogP contribution in [-0.2, 0) is 13.1 Å². The number of hydrogen-bond donors (Lipinski definition) is 0. The van der Waals surface area contributed by atoms with Crippen molar-refractivity contribution in [2.75, 3.05) is 14.1 Å². The summed E-state index contributed by atoms with van der Waals surface area (Å²) in [6.07, 6.45) is 5.72. The Bertz CT molecular complexity index is 744. The SMILES string of the molecule is C[C@@H](c1cccc(-c2cn(CCn3cccn3)nn2)c1)N(C)C. The molecule has 1 atom stereocenters. The number of nitrogens with zero attached hydrogens (tertiary/aromatic N) is 6. The number of aromatic nitrogens is 5. The lowest BCUT2D eigenvalue weighted by Gasteiger charge is -2.20. The van der Waals surface area contributed by atoms with E-state index in [0.717, 1.165) is 24.3 Å². The Morgan fingerprint density at radius 1 is 1.13 bits per heavy atom. The minimum absolute atomic E-state index is 0.366. The second-order valence-corrected chi connectivity index (χ2v) is 5.90. The van der Waals surface area contributed by atoms with Gasteiger partial charge in [0, 0.05) is 24.0 Å². The van der Waals surface area contributed by atoms with E-state index in [2.05, 4.69) is 65.6 Å². The summed E-state index contributed by atoms with van der Waals surface area (Å²) in [5, 5.41) is 12.7. The van der Waals surface area contributed by atoms with Gasteiger partial charge in [0.2, 0.25) is 0 Å². The van der Waals surface area contributed by atoms with Crippen LogP contribution in [0.15, 0.2) is 48.9 Å². The van der Waals surface area contributed by atoms with Crippen molar-refractivity contribution in [3.8, 4) is 11.3 Å². The molecular formula is C17H22N6. The first kappa shape index (κ1) is 15.4. The predicted molar refractivity (Wildman–Crippen MR) is 89.8 cm³/mol. The Labute approximate surface area is 136 Å². The smallest absolute Gasteiger partial charge is 0.113 e. The first-order valence-corrected chi connectivity index (χ1v) is 7.78. The Morgan fingerprint density at radius 3 is 2.70 bits per heavy atom. The fraction of sp³-hybridized carbons (Fsp3) is 0.353. The molecule has 6 nitrogen and oxygen atoms in total. The molecule has 120 valence electrons. The van der Waals surface area contributed by atoms with Gasteiger partial charge >= 0.3 is 0 Å². The van der Waals surface area contributed by atoms with Gasteiger partial charge in [0.1, 0.15) is 5.69 Å². The minimum Gasteiger partial charge on any atom is -0.303 e. The van der Waals surface area contributed by atoms with Crippen molar-refractivity contribution in [1.82, 2.24) is 29.7 Å². The van der Waals surface area contributed by atoms with Crippen molar-refractivity contribution in [3.05, 3.63) is 54.5 Å². The molecule has 0 amide bonds. The van der Waals surface area contributed by atoms with Crippen molar-refractivity contribution in [1.29, 1.82) is 0 Å². The maximum Gasteiger partial charge on any atom is 0.113 e. The minimum atomic E-state index is 0.366. The quantitative estimate of drug-likeness (QED) is 0.702. The molecule has 2 aromatic heterocycles. The van der Waals surface area contributed by atoms with Crippen LogP contribution in [0.25, 0.3) is 11.3 Å². The van der Waals surface area contributed by atoms with Crippen molar-refractivity contribution < 1.29 is 0 Å². The molecule has 0 fully saturated rings. The highest BCUT2D eigenvalue weighted by atomic mass is 15.4. The lowest BCUT2D eigenvalue weighted by molar-refractivity contribution is 0.321. The van der Waals surface area contributed by atoms with E-state index in [0.29, 0.717) is 6.04 Å². The van der Waals surface area contributed by atoms with E-state index in [1.165, 1.54) is 5.56 Å². The summed E-state index contributed by atoms with van der Waals surface area (Å²) in [7, 11) is 4.17. The zero-order chi connectivity index (χ0) is 16.2. The van der Waals surface area contributed by atoms with E-state index >= 15 is 0 Å². The van der Waals surface area contributed by atoms with Crippen LogP contribution in [0.2, 0.25) is 0 Å². The third-order valence-electron chi connectivity index (χ3n) is 4.10. The van der Waals surface area contributed by atoms with Gasteiger partial charge in [-0.15, -0.1) is 5.10 Å². The van der Waals surface area contributed by atoms with E-state index in [1.54, 1.807) is 6.20 Å². The molecule has 0 unspecified atom stereocenters. The Morgan fingerprint density at radius 2 is 1.96 bits per heavy atom. The molecule has 0 saturated carbocycles. The lowest BCUT2D eigenvalue weighted by atomic mass is 10.0. The molecule has 0 N–H and O–H groups in total. The summed E-state index contributed by atoms with van der Waals surface area (Å²) in [4.78, 5) is 2.19. The summed E-state index contributed by atoms with van der Waals surface area (Å²) in [5.41, 5.74) is 3.28. The average molecular weight is 310 g/mol. The average Bonchev–Trinajstić information content (AvgIpc) is 3.23. The van der Waals surface area contributed by atoms with Crippen LogP contribution >= 0.6 is 0 Å². The standard InChI is InChI=1S/C17H22N6/c1-14(21(2)3)15-6-4-7-16(12-15)17-13-23(20-19-17)11-10-22-9-5-8-18-22/h4-9,12-14H,10-11H2,1-3H3/t14-/m0/s1. The van der Waals surface area contributed by atoms with Gasteiger partial charge in [0.15, 0.2) is 0 Å². The fourth-order valence-corrected chi connectivity index (χ4v) is 2.43. The molecule has 6 heteroatoms. The molecule has 0 bridgehead atoms. The Kier molecular flexibility index (Phi) is 4.52. The van der Waals surface area contributed by atoms with Gasteiger partial charge in [-0.2, -0.15) is 5.10 Å². The summed E-state index contributed by atoms with van der Waals surface area (Å²) < 4.78 is 3.75. The summed E-state index contributed by atoms with van der Waals surface area (Å²) >= 11 is 0. The molecule has 1 aromatic carbocycles. The Hall–Kier alpha value is -2.47. The van der Waals surface area contributed by atoms with Gasteiger partial charge in [-0.25, -0.2) is 0 Å². The molecule has 0 aliphatic carbocycles. The second-order valence-electron chi connectivity index (χ2n) is 5.90. The molecular weight excluding hydrogens is 288 g/mol. The predicted octanol–water partition coefficient (Wildman–Crippen LogP) is 2.46. The molecule has 2 heterocycles. The molecule has 0 radical (unpaired) electrons. The maximum atomic E-state index is 4.30. The van der Waals surface area contributed by atoms with Crippen LogP contribution < -0.4 is 0 Å². The molecule has 0 aliphatic rings. The highest BCUT2D eigenvalue weighted by Crippen LogP contribution is 2.23. The van der Waals surface area contributed by atoms with Gasteiger partial charge in [0.25, 0.3) is 0 Å². The van der Waals surface area contributed by atoms with Gasteiger partial charge in [-0.05, 0) is 38.7 Å². The zero-order valence-electron chi connectivity index (χ0n) is 13.8. The number of rotatable bonds is 6. The monoisotopic (exact) mass is 310 g/mol. The second kappa shape index (κ2) is 6.75. The van der Waals surface area contributed by atoms with Crippen LogP contribution in [0.1, 0.15) is 18.5 Å². The zero-order valence-corrected chi connectivity index (χ0v) is 13.8. The van der Waals surface area contributed by atoms with Crippen LogP contribution in [0, 0.1) is 0 Å². The van der Waals surface area contributed by atoms with E-state index < -0.39 is 0 Å². The molecule has 0 saturated heterocycles. The molecule has 3 rings (SSSR count). The third kappa shape index (κ3) is 3.65. The largest absolute Gasteiger partial charge is 0.303 e. The van der Waals surface area contributed by atoms with Crippen LogP contribution in [-0.4, -0.2) is 43.8 Å². The first-order chi connectivity index (χ1) is 11.1. The first-order valence-electron chi connectivity index (χ1n) is 7.78. The van der Waals surface area contributed by atoms with Crippen LogP contribution in [0.4, 0.5) is 0 Å². The van der Waals surface area contributed by atoms with E-state index in [4.69, 9.17) is 0 Å². The maximum absolute atomic E-state index is 4.30. The van der Waals surface area contributed by atoms with Crippen LogP contribution in [0.5, 0.6) is 0 Å². The molecule has 23 heavy (non-hydrogen) atoms. The Balaban J connectivity index is 1.73. The van der Waals surface area contributed by atoms with Gasteiger partial charge in [0.05, 0.1) is 19.3 Å². The van der Waals surface area contributed by atoms with Crippen LogP contribution in [0.3, 0.4) is 0 Å². The highest BCUT2D eigenvalue weighted by molar-refractivity contribution is 5.58. The van der Waals surface area contributed by atoms with Crippen molar-refractivity contribution in [3.63, 3.8) is 0 Å². The highest BCUT2D eigenvalue weighted by Gasteiger charge is 2.10. The molecule has 0 aliphatic heterocycles. The van der Waals surface area contributed by atoms with Crippen molar-refractivity contribution in [2.45, 2.75) is 26.1 Å². The summed E-state index contributed by atoms with van der Waals surface area (Å²) in [6, 6.07) is 10.8. The normalized spacial score (nSPS) is 12.7. The molecule has 0 spiro atoms. The number of aryl methyl sites for hydroxylation is 2. The van der Waals surface area contributed by atoms with Gasteiger partial charge in [-0.3, -0.25) is 9.36 Å².